The topological polar surface area (TPSA) is 59.1 Å². The van der Waals surface area contributed by atoms with Crippen molar-refractivity contribution >= 4 is 12.2 Å². The Balaban J connectivity index is 2.91. The summed E-state index contributed by atoms with van der Waals surface area (Å²) in [4.78, 5) is 24.9. The Labute approximate surface area is 69.6 Å². The van der Waals surface area contributed by atoms with Crippen LogP contribution in [0, 0.1) is 0 Å². The lowest BCUT2D eigenvalue weighted by atomic mass is 10.2. The highest BCUT2D eigenvalue weighted by Gasteiger charge is 2.02. The van der Waals surface area contributed by atoms with Gasteiger partial charge in [0.05, 0.1) is 0 Å². The van der Waals surface area contributed by atoms with Crippen molar-refractivity contribution in [3.05, 3.63) is 29.6 Å². The van der Waals surface area contributed by atoms with Crippen molar-refractivity contribution in [2.75, 3.05) is 7.05 Å². The van der Waals surface area contributed by atoms with E-state index < -0.39 is 0 Å². The number of rotatable bonds is 2. The van der Waals surface area contributed by atoms with Crippen molar-refractivity contribution in [2.24, 2.45) is 0 Å². The molecule has 1 aromatic rings. The fourth-order valence-corrected chi connectivity index (χ4v) is 0.737. The lowest BCUT2D eigenvalue weighted by Crippen LogP contribution is -2.18. The van der Waals surface area contributed by atoms with Crippen LogP contribution in [0.15, 0.2) is 18.3 Å². The first-order chi connectivity index (χ1) is 5.77. The van der Waals surface area contributed by atoms with E-state index in [2.05, 4.69) is 10.3 Å². The second-order valence-electron chi connectivity index (χ2n) is 2.17. The molecule has 0 saturated heterocycles. The first kappa shape index (κ1) is 8.39. The maximum Gasteiger partial charge on any atom is 0.269 e. The van der Waals surface area contributed by atoms with Crippen molar-refractivity contribution in [3.8, 4) is 0 Å². The summed E-state index contributed by atoms with van der Waals surface area (Å²) in [7, 11) is 1.53. The number of nitrogens with zero attached hydrogens (tertiary/aromatic N) is 1. The number of carbonyl (C=O) groups excluding carboxylic acids is 2. The summed E-state index contributed by atoms with van der Waals surface area (Å²) in [5, 5.41) is 2.43. The van der Waals surface area contributed by atoms with Gasteiger partial charge >= 0.3 is 0 Å². The van der Waals surface area contributed by atoms with Gasteiger partial charge in [-0.05, 0) is 12.1 Å². The monoisotopic (exact) mass is 164 g/mol. The molecule has 0 bridgehead atoms. The summed E-state index contributed by atoms with van der Waals surface area (Å²) in [6.07, 6.45) is 2.04. The number of amides is 1. The molecule has 0 spiro atoms. The highest BCUT2D eigenvalue weighted by Crippen LogP contribution is 1.96. The van der Waals surface area contributed by atoms with Crippen LogP contribution in [0.4, 0.5) is 0 Å². The Kier molecular flexibility index (Phi) is 2.53. The molecule has 0 radical (unpaired) electrons. The van der Waals surface area contributed by atoms with Crippen LogP contribution in [0.1, 0.15) is 20.8 Å². The molecule has 0 unspecified atom stereocenters. The molecule has 12 heavy (non-hydrogen) atoms. The van der Waals surface area contributed by atoms with Crippen LogP contribution in [0.3, 0.4) is 0 Å². The molecule has 1 N–H and O–H groups in total. The number of aldehydes is 1. The number of carbonyl (C=O) groups is 2. The quantitative estimate of drug-likeness (QED) is 0.637. The molecule has 1 rings (SSSR count). The maximum absolute atomic E-state index is 11.0. The van der Waals surface area contributed by atoms with Crippen LogP contribution in [0.5, 0.6) is 0 Å². The van der Waals surface area contributed by atoms with Gasteiger partial charge in [0.1, 0.15) is 5.69 Å². The largest absolute Gasteiger partial charge is 0.354 e. The van der Waals surface area contributed by atoms with E-state index in [1.807, 2.05) is 0 Å². The summed E-state index contributed by atoms with van der Waals surface area (Å²) < 4.78 is 0. The highest BCUT2D eigenvalue weighted by molar-refractivity contribution is 5.92. The van der Waals surface area contributed by atoms with Crippen LogP contribution >= 0.6 is 0 Å². The number of pyridine rings is 1. The smallest absolute Gasteiger partial charge is 0.269 e. The third-order valence-electron chi connectivity index (χ3n) is 1.38. The van der Waals surface area contributed by atoms with E-state index in [0.29, 0.717) is 17.5 Å². The van der Waals surface area contributed by atoms with E-state index in [0.717, 1.165) is 0 Å². The first-order valence-corrected chi connectivity index (χ1v) is 3.41. The highest BCUT2D eigenvalue weighted by atomic mass is 16.1. The van der Waals surface area contributed by atoms with Crippen LogP contribution < -0.4 is 5.32 Å². The molecule has 4 nitrogen and oxygen atoms in total. The molecule has 0 aliphatic rings. The van der Waals surface area contributed by atoms with Gasteiger partial charge in [-0.25, -0.2) is 0 Å². The molecular weight excluding hydrogens is 156 g/mol. The van der Waals surface area contributed by atoms with Gasteiger partial charge in [-0.3, -0.25) is 14.6 Å². The predicted octanol–water partition coefficient (Wildman–Crippen LogP) is 0.254. The Morgan fingerprint density at radius 2 is 2.33 bits per heavy atom. The number of hydrogen-bond acceptors (Lipinski definition) is 3. The fraction of sp³-hybridized carbons (Fsp3) is 0.125. The molecule has 4 heteroatoms. The predicted molar refractivity (Wildman–Crippen MR) is 43.0 cm³/mol. The number of aromatic nitrogens is 1. The van der Waals surface area contributed by atoms with Gasteiger partial charge in [-0.15, -0.1) is 0 Å². The van der Waals surface area contributed by atoms with E-state index in [-0.39, 0.29) is 5.91 Å². The Bertz CT molecular complexity index is 292. The molecule has 1 heterocycles. The van der Waals surface area contributed by atoms with E-state index in [9.17, 15) is 9.59 Å². The second-order valence-corrected chi connectivity index (χ2v) is 2.17. The lowest BCUT2D eigenvalue weighted by molar-refractivity contribution is 0.0957. The zero-order chi connectivity index (χ0) is 8.97. The summed E-state index contributed by atoms with van der Waals surface area (Å²) in [6.45, 7) is 0. The zero-order valence-electron chi connectivity index (χ0n) is 6.57. The summed E-state index contributed by atoms with van der Waals surface area (Å²) in [5.74, 6) is -0.257. The number of nitrogens with one attached hydrogen (secondary N) is 1. The summed E-state index contributed by atoms with van der Waals surface area (Å²) in [5.41, 5.74) is 0.769. The Morgan fingerprint density at radius 1 is 1.58 bits per heavy atom. The Morgan fingerprint density at radius 3 is 2.75 bits per heavy atom. The van der Waals surface area contributed by atoms with Gasteiger partial charge < -0.3 is 5.32 Å². The summed E-state index contributed by atoms with van der Waals surface area (Å²) in [6, 6.07) is 3.05. The Hall–Kier alpha value is -1.71. The lowest BCUT2D eigenvalue weighted by Gasteiger charge is -1.97. The van der Waals surface area contributed by atoms with Gasteiger partial charge in [0, 0.05) is 18.8 Å². The van der Waals surface area contributed by atoms with Gasteiger partial charge in [0.2, 0.25) is 0 Å². The normalized spacial score (nSPS) is 9.08. The molecule has 0 atom stereocenters. The van der Waals surface area contributed by atoms with E-state index in [4.69, 9.17) is 0 Å². The van der Waals surface area contributed by atoms with Crippen LogP contribution in [-0.4, -0.2) is 24.2 Å². The minimum Gasteiger partial charge on any atom is -0.354 e. The maximum atomic E-state index is 11.0. The summed E-state index contributed by atoms with van der Waals surface area (Å²) >= 11 is 0. The van der Waals surface area contributed by atoms with Crippen LogP contribution in [0.2, 0.25) is 0 Å². The second kappa shape index (κ2) is 3.61. The van der Waals surface area contributed by atoms with E-state index >= 15 is 0 Å². The minimum absolute atomic E-state index is 0.257. The molecular formula is C8H8N2O2. The van der Waals surface area contributed by atoms with Crippen molar-refractivity contribution in [3.63, 3.8) is 0 Å². The van der Waals surface area contributed by atoms with Gasteiger partial charge in [-0.1, -0.05) is 0 Å². The number of hydrogen-bond donors (Lipinski definition) is 1. The third kappa shape index (κ3) is 1.66. The van der Waals surface area contributed by atoms with Gasteiger partial charge in [-0.2, -0.15) is 0 Å². The molecule has 0 saturated carbocycles. The van der Waals surface area contributed by atoms with Crippen molar-refractivity contribution in [1.29, 1.82) is 0 Å². The standard InChI is InChI=1S/C8H8N2O2/c1-9-8(12)7-3-2-6(5-11)4-10-7/h2-5H,1H3,(H,9,12). The SMILES string of the molecule is CNC(=O)c1ccc(C=O)cn1. The molecule has 0 fully saturated rings. The minimum atomic E-state index is -0.257. The average Bonchev–Trinajstić information content (AvgIpc) is 2.17. The van der Waals surface area contributed by atoms with Gasteiger partial charge in [0.15, 0.2) is 6.29 Å². The molecule has 1 amide bonds. The van der Waals surface area contributed by atoms with Gasteiger partial charge in [0.25, 0.3) is 5.91 Å². The van der Waals surface area contributed by atoms with E-state index in [1.54, 1.807) is 6.07 Å². The van der Waals surface area contributed by atoms with Crippen molar-refractivity contribution < 1.29 is 9.59 Å². The molecule has 1 aromatic heterocycles. The van der Waals surface area contributed by atoms with Crippen LogP contribution in [0.25, 0.3) is 0 Å². The van der Waals surface area contributed by atoms with Crippen molar-refractivity contribution in [2.45, 2.75) is 0 Å². The van der Waals surface area contributed by atoms with Crippen LogP contribution in [-0.2, 0) is 0 Å². The van der Waals surface area contributed by atoms with Crippen molar-refractivity contribution in [1.82, 2.24) is 10.3 Å². The molecule has 0 aliphatic heterocycles. The molecule has 62 valence electrons. The first-order valence-electron chi connectivity index (χ1n) is 3.41. The third-order valence-corrected chi connectivity index (χ3v) is 1.38. The molecule has 0 aliphatic carbocycles. The average molecular weight is 164 g/mol. The fourth-order valence-electron chi connectivity index (χ4n) is 0.737. The van der Waals surface area contributed by atoms with E-state index in [1.165, 1.54) is 19.3 Å². The molecule has 0 aromatic carbocycles. The zero-order valence-corrected chi connectivity index (χ0v) is 6.57.